The summed E-state index contributed by atoms with van der Waals surface area (Å²) in [7, 11) is 0. The van der Waals surface area contributed by atoms with Crippen molar-refractivity contribution in [2.75, 3.05) is 13.2 Å². The van der Waals surface area contributed by atoms with Gasteiger partial charge in [-0.05, 0) is 43.0 Å². The fourth-order valence-corrected chi connectivity index (χ4v) is 2.58. The van der Waals surface area contributed by atoms with Gasteiger partial charge in [0.2, 0.25) is 0 Å². The Morgan fingerprint density at radius 2 is 2.11 bits per heavy atom. The predicted octanol–water partition coefficient (Wildman–Crippen LogP) is 3.23. The average Bonchev–Trinajstić information content (AvgIpc) is 2.48. The van der Waals surface area contributed by atoms with Crippen LogP contribution in [0.2, 0.25) is 0 Å². The number of Topliss-reactive ketones (excluding diaryl/α,β-unsaturated/α-hetero) is 1. The highest BCUT2D eigenvalue weighted by Gasteiger charge is 2.18. The summed E-state index contributed by atoms with van der Waals surface area (Å²) in [5.74, 6) is 0.712. The van der Waals surface area contributed by atoms with Gasteiger partial charge in [0.15, 0.2) is 5.78 Å². The Kier molecular flexibility index (Phi) is 3.56. The molecule has 19 heavy (non-hydrogen) atoms. The number of hydrogen-bond donors (Lipinski definition) is 0. The van der Waals surface area contributed by atoms with E-state index in [4.69, 9.17) is 4.74 Å². The molecule has 1 aromatic heterocycles. The molecule has 1 saturated heterocycles. The van der Waals surface area contributed by atoms with Crippen molar-refractivity contribution in [3.63, 3.8) is 0 Å². The largest absolute Gasteiger partial charge is 0.381 e. The van der Waals surface area contributed by atoms with E-state index in [1.807, 2.05) is 30.3 Å². The second kappa shape index (κ2) is 5.49. The van der Waals surface area contributed by atoms with Gasteiger partial charge in [0.05, 0.1) is 5.52 Å². The van der Waals surface area contributed by atoms with Crippen LogP contribution >= 0.6 is 0 Å². The van der Waals surface area contributed by atoms with Gasteiger partial charge in [-0.25, -0.2) is 0 Å². The van der Waals surface area contributed by atoms with E-state index in [0.717, 1.165) is 42.5 Å². The Morgan fingerprint density at radius 1 is 1.26 bits per heavy atom. The van der Waals surface area contributed by atoms with Gasteiger partial charge in [-0.15, -0.1) is 0 Å². The molecule has 0 aliphatic carbocycles. The second-order valence-corrected chi connectivity index (χ2v) is 5.09. The van der Waals surface area contributed by atoms with E-state index in [0.29, 0.717) is 12.3 Å². The molecule has 1 aliphatic heterocycles. The number of ketones is 1. The van der Waals surface area contributed by atoms with Gasteiger partial charge in [-0.1, -0.05) is 6.07 Å². The normalized spacial score (nSPS) is 16.6. The molecule has 2 heterocycles. The van der Waals surface area contributed by atoms with Gasteiger partial charge in [-0.2, -0.15) is 0 Å². The molecule has 0 spiro atoms. The van der Waals surface area contributed by atoms with E-state index in [1.165, 1.54) is 0 Å². The molecule has 3 rings (SSSR count). The van der Waals surface area contributed by atoms with Crippen molar-refractivity contribution in [3.8, 4) is 0 Å². The van der Waals surface area contributed by atoms with Gasteiger partial charge in [-0.3, -0.25) is 9.78 Å². The quantitative estimate of drug-likeness (QED) is 0.790. The molecule has 1 aromatic carbocycles. The summed E-state index contributed by atoms with van der Waals surface area (Å²) in [5, 5.41) is 1.03. The molecule has 3 nitrogen and oxygen atoms in total. The van der Waals surface area contributed by atoms with Crippen LogP contribution < -0.4 is 0 Å². The van der Waals surface area contributed by atoms with Crippen molar-refractivity contribution in [1.82, 2.24) is 4.98 Å². The number of pyridine rings is 1. The van der Waals surface area contributed by atoms with Crippen LogP contribution in [0.25, 0.3) is 10.9 Å². The smallest absolute Gasteiger partial charge is 0.163 e. The third-order valence-corrected chi connectivity index (χ3v) is 3.74. The molecule has 0 radical (unpaired) electrons. The van der Waals surface area contributed by atoms with Crippen molar-refractivity contribution in [3.05, 3.63) is 42.1 Å². The first-order valence-corrected chi connectivity index (χ1v) is 6.78. The number of hydrogen-bond acceptors (Lipinski definition) is 3. The minimum absolute atomic E-state index is 0.234. The standard InChI is InChI=1S/C16H17NO2/c18-16(10-12-5-8-19-9-6-12)14-3-4-15-13(11-14)2-1-7-17-15/h1-4,7,11-12H,5-6,8-10H2. The Morgan fingerprint density at radius 3 is 2.95 bits per heavy atom. The van der Waals surface area contributed by atoms with Crippen molar-refractivity contribution < 1.29 is 9.53 Å². The highest BCUT2D eigenvalue weighted by atomic mass is 16.5. The van der Waals surface area contributed by atoms with E-state index in [9.17, 15) is 4.79 Å². The zero-order valence-corrected chi connectivity index (χ0v) is 10.8. The molecule has 0 N–H and O–H groups in total. The molecule has 98 valence electrons. The highest BCUT2D eigenvalue weighted by molar-refractivity contribution is 5.99. The fraction of sp³-hybridized carbons (Fsp3) is 0.375. The van der Waals surface area contributed by atoms with Crippen LogP contribution in [0.5, 0.6) is 0 Å². The van der Waals surface area contributed by atoms with E-state index >= 15 is 0 Å². The van der Waals surface area contributed by atoms with Crippen LogP contribution in [0.4, 0.5) is 0 Å². The lowest BCUT2D eigenvalue weighted by Crippen LogP contribution is -2.18. The molecule has 0 amide bonds. The van der Waals surface area contributed by atoms with E-state index in [1.54, 1.807) is 6.20 Å². The summed E-state index contributed by atoms with van der Waals surface area (Å²) in [6.07, 6.45) is 4.41. The van der Waals surface area contributed by atoms with Gasteiger partial charge in [0.25, 0.3) is 0 Å². The first-order chi connectivity index (χ1) is 9.33. The fourth-order valence-electron chi connectivity index (χ4n) is 2.58. The molecule has 1 aliphatic rings. The minimum atomic E-state index is 0.234. The Labute approximate surface area is 112 Å². The maximum atomic E-state index is 12.3. The number of aromatic nitrogens is 1. The lowest BCUT2D eigenvalue weighted by molar-refractivity contribution is 0.0601. The van der Waals surface area contributed by atoms with Crippen LogP contribution in [-0.4, -0.2) is 24.0 Å². The molecule has 0 atom stereocenters. The van der Waals surface area contributed by atoms with Crippen LogP contribution in [-0.2, 0) is 4.74 Å². The summed E-state index contributed by atoms with van der Waals surface area (Å²) in [5.41, 5.74) is 1.73. The maximum Gasteiger partial charge on any atom is 0.163 e. The first-order valence-electron chi connectivity index (χ1n) is 6.78. The SMILES string of the molecule is O=C(CC1CCOCC1)c1ccc2ncccc2c1. The van der Waals surface area contributed by atoms with Gasteiger partial charge < -0.3 is 4.74 Å². The monoisotopic (exact) mass is 255 g/mol. The summed E-state index contributed by atoms with van der Waals surface area (Å²) >= 11 is 0. The van der Waals surface area contributed by atoms with Crippen LogP contribution in [0.3, 0.4) is 0 Å². The third-order valence-electron chi connectivity index (χ3n) is 3.74. The lowest BCUT2D eigenvalue weighted by atomic mass is 9.91. The molecule has 3 heteroatoms. The molecule has 0 unspecified atom stereocenters. The summed E-state index contributed by atoms with van der Waals surface area (Å²) in [6.45, 7) is 1.58. The minimum Gasteiger partial charge on any atom is -0.381 e. The van der Waals surface area contributed by atoms with Gasteiger partial charge in [0.1, 0.15) is 0 Å². The summed E-state index contributed by atoms with van der Waals surface area (Å²) in [6, 6.07) is 9.65. The predicted molar refractivity (Wildman–Crippen MR) is 74.2 cm³/mol. The van der Waals surface area contributed by atoms with Crippen molar-refractivity contribution in [2.45, 2.75) is 19.3 Å². The number of nitrogens with zero attached hydrogens (tertiary/aromatic N) is 1. The van der Waals surface area contributed by atoms with Crippen molar-refractivity contribution in [2.24, 2.45) is 5.92 Å². The highest BCUT2D eigenvalue weighted by Crippen LogP contribution is 2.22. The van der Waals surface area contributed by atoms with E-state index in [-0.39, 0.29) is 5.78 Å². The van der Waals surface area contributed by atoms with E-state index in [2.05, 4.69) is 4.98 Å². The Hall–Kier alpha value is -1.74. The van der Waals surface area contributed by atoms with E-state index < -0.39 is 0 Å². The second-order valence-electron chi connectivity index (χ2n) is 5.09. The number of ether oxygens (including phenoxy) is 1. The maximum absolute atomic E-state index is 12.3. The number of carbonyl (C=O) groups excluding carboxylic acids is 1. The van der Waals surface area contributed by atoms with Gasteiger partial charge >= 0.3 is 0 Å². The van der Waals surface area contributed by atoms with Crippen LogP contribution in [0.1, 0.15) is 29.6 Å². The third kappa shape index (κ3) is 2.82. The van der Waals surface area contributed by atoms with Crippen molar-refractivity contribution in [1.29, 1.82) is 0 Å². The van der Waals surface area contributed by atoms with Gasteiger partial charge in [0, 0.05) is 36.8 Å². The molecule has 1 fully saturated rings. The molecular weight excluding hydrogens is 238 g/mol. The molecule has 0 bridgehead atoms. The molecular formula is C16H17NO2. The summed E-state index contributed by atoms with van der Waals surface area (Å²) < 4.78 is 5.33. The topological polar surface area (TPSA) is 39.2 Å². The number of benzene rings is 1. The lowest BCUT2D eigenvalue weighted by Gasteiger charge is -2.21. The van der Waals surface area contributed by atoms with Crippen LogP contribution in [0.15, 0.2) is 36.5 Å². The molecule has 2 aromatic rings. The van der Waals surface area contributed by atoms with Crippen LogP contribution in [0, 0.1) is 5.92 Å². The molecule has 0 saturated carbocycles. The first kappa shape index (κ1) is 12.3. The number of carbonyl (C=O) groups is 1. The zero-order valence-electron chi connectivity index (χ0n) is 10.8. The number of fused-ring (bicyclic) bond motifs is 1. The average molecular weight is 255 g/mol. The summed E-state index contributed by atoms with van der Waals surface area (Å²) in [4.78, 5) is 16.6. The Bertz CT molecular complexity index is 588. The Balaban J connectivity index is 1.77. The van der Waals surface area contributed by atoms with Crippen molar-refractivity contribution >= 4 is 16.7 Å². The zero-order chi connectivity index (χ0) is 13.1. The number of rotatable bonds is 3.